The van der Waals surface area contributed by atoms with Crippen LogP contribution in [0.5, 0.6) is 11.5 Å². The molecule has 1 fully saturated rings. The van der Waals surface area contributed by atoms with Gasteiger partial charge in [-0.2, -0.15) is 0 Å². The highest BCUT2D eigenvalue weighted by atomic mass is 32.1. The fourth-order valence-corrected chi connectivity index (χ4v) is 4.91. The van der Waals surface area contributed by atoms with Crippen molar-refractivity contribution in [3.8, 4) is 11.5 Å². The van der Waals surface area contributed by atoms with Crippen molar-refractivity contribution >= 4 is 34.7 Å². The second kappa shape index (κ2) is 10.3. The fraction of sp³-hybridized carbons (Fsp3) is 0.320. The van der Waals surface area contributed by atoms with Crippen LogP contribution < -0.4 is 20.1 Å². The number of ether oxygens (including phenoxy) is 2. The van der Waals surface area contributed by atoms with E-state index < -0.39 is 5.91 Å². The van der Waals surface area contributed by atoms with E-state index in [1.165, 1.54) is 0 Å². The number of amides is 3. The van der Waals surface area contributed by atoms with Crippen molar-refractivity contribution in [2.24, 2.45) is 5.92 Å². The smallest absolute Gasteiger partial charge is 0.286 e. The number of hydrogen-bond acceptors (Lipinski definition) is 8. The first-order valence-corrected chi connectivity index (χ1v) is 12.5. The van der Waals surface area contributed by atoms with Crippen LogP contribution in [0.1, 0.15) is 43.6 Å². The second-order valence-electron chi connectivity index (χ2n) is 8.67. The number of rotatable bonds is 6. The predicted octanol–water partition coefficient (Wildman–Crippen LogP) is 3.00. The van der Waals surface area contributed by atoms with Crippen LogP contribution in [0.2, 0.25) is 0 Å². The molecule has 2 N–H and O–H groups in total. The van der Waals surface area contributed by atoms with Crippen LogP contribution in [-0.2, 0) is 11.3 Å². The lowest BCUT2D eigenvalue weighted by molar-refractivity contribution is -0.126. The zero-order valence-electron chi connectivity index (χ0n) is 19.7. The van der Waals surface area contributed by atoms with Gasteiger partial charge in [-0.25, -0.2) is 0 Å². The molecule has 0 radical (unpaired) electrons. The Labute approximate surface area is 211 Å². The normalized spacial score (nSPS) is 16.5. The van der Waals surface area contributed by atoms with Crippen molar-refractivity contribution in [1.82, 2.24) is 20.4 Å². The van der Waals surface area contributed by atoms with Gasteiger partial charge in [-0.15, -0.1) is 10.2 Å². The van der Waals surface area contributed by atoms with E-state index in [0.717, 1.165) is 22.5 Å². The van der Waals surface area contributed by atoms with Gasteiger partial charge in [0, 0.05) is 31.4 Å². The number of nitrogens with one attached hydrogen (secondary N) is 2. The summed E-state index contributed by atoms with van der Waals surface area (Å²) in [6.07, 6.45) is 1.42. The molecule has 5 rings (SSSR count). The average Bonchev–Trinajstić information content (AvgIpc) is 3.57. The molecule has 0 spiro atoms. The molecule has 0 aliphatic carbocycles. The third kappa shape index (κ3) is 5.15. The summed E-state index contributed by atoms with van der Waals surface area (Å²) < 4.78 is 10.6. The molecule has 0 unspecified atom stereocenters. The van der Waals surface area contributed by atoms with Gasteiger partial charge in [0.15, 0.2) is 11.5 Å². The molecule has 2 aliphatic rings. The van der Waals surface area contributed by atoms with Crippen molar-refractivity contribution in [3.63, 3.8) is 0 Å². The molecular formula is C25H25N5O5S. The van der Waals surface area contributed by atoms with Gasteiger partial charge in [0.2, 0.25) is 22.7 Å². The topological polar surface area (TPSA) is 123 Å². The SMILES string of the molecule is Cc1ccccc1CNC(=O)[C@@H]1CCCN(C(=O)c2nnc(C(=O)Nc3ccc4c(c3)OCO4)s2)C1. The lowest BCUT2D eigenvalue weighted by Gasteiger charge is -2.31. The second-order valence-corrected chi connectivity index (χ2v) is 9.65. The van der Waals surface area contributed by atoms with E-state index in [1.54, 1.807) is 23.1 Å². The Hall–Kier alpha value is -3.99. The largest absolute Gasteiger partial charge is 0.454 e. The molecule has 1 aromatic heterocycles. The van der Waals surface area contributed by atoms with Gasteiger partial charge < -0.3 is 25.0 Å². The highest BCUT2D eigenvalue weighted by Gasteiger charge is 2.31. The third-order valence-corrected chi connectivity index (χ3v) is 7.14. The number of hydrogen-bond donors (Lipinski definition) is 2. The zero-order valence-corrected chi connectivity index (χ0v) is 20.5. The first-order chi connectivity index (χ1) is 17.5. The van der Waals surface area contributed by atoms with Gasteiger partial charge in [0.05, 0.1) is 5.92 Å². The van der Waals surface area contributed by atoms with Gasteiger partial charge in [0.1, 0.15) is 0 Å². The molecule has 36 heavy (non-hydrogen) atoms. The highest BCUT2D eigenvalue weighted by Crippen LogP contribution is 2.34. The summed E-state index contributed by atoms with van der Waals surface area (Å²) >= 11 is 0.924. The molecule has 1 atom stereocenters. The molecule has 186 valence electrons. The van der Waals surface area contributed by atoms with E-state index in [1.807, 2.05) is 31.2 Å². The maximum atomic E-state index is 13.1. The van der Waals surface area contributed by atoms with Crippen molar-refractivity contribution in [3.05, 3.63) is 63.6 Å². The average molecular weight is 508 g/mol. The number of carbonyl (C=O) groups excluding carboxylic acids is 3. The Morgan fingerprint density at radius 1 is 1.08 bits per heavy atom. The predicted molar refractivity (Wildman–Crippen MR) is 132 cm³/mol. The summed E-state index contributed by atoms with van der Waals surface area (Å²) in [6.45, 7) is 3.43. The molecule has 0 saturated carbocycles. The first-order valence-electron chi connectivity index (χ1n) is 11.6. The van der Waals surface area contributed by atoms with Gasteiger partial charge in [0.25, 0.3) is 11.8 Å². The Balaban J connectivity index is 1.17. The molecule has 2 aromatic carbocycles. The molecule has 3 heterocycles. The summed E-state index contributed by atoms with van der Waals surface area (Å²) in [4.78, 5) is 40.1. The van der Waals surface area contributed by atoms with Crippen molar-refractivity contribution < 1.29 is 23.9 Å². The molecule has 0 bridgehead atoms. The van der Waals surface area contributed by atoms with E-state index in [0.29, 0.717) is 49.7 Å². The third-order valence-electron chi connectivity index (χ3n) is 6.23. The molecule has 2 aliphatic heterocycles. The van der Waals surface area contributed by atoms with E-state index in [-0.39, 0.29) is 34.5 Å². The lowest BCUT2D eigenvalue weighted by Crippen LogP contribution is -2.45. The van der Waals surface area contributed by atoms with Gasteiger partial charge in [-0.3, -0.25) is 14.4 Å². The number of likely N-dealkylation sites (tertiary alicyclic amines) is 1. The number of carbonyl (C=O) groups is 3. The Bertz CT molecular complexity index is 1310. The molecule has 1 saturated heterocycles. The number of piperidine rings is 1. The fourth-order valence-electron chi connectivity index (χ4n) is 4.21. The Kier molecular flexibility index (Phi) is 6.81. The van der Waals surface area contributed by atoms with E-state index in [4.69, 9.17) is 9.47 Å². The quantitative estimate of drug-likeness (QED) is 0.526. The number of nitrogens with zero attached hydrogens (tertiary/aromatic N) is 3. The monoisotopic (exact) mass is 507 g/mol. The van der Waals surface area contributed by atoms with Crippen LogP contribution in [0.25, 0.3) is 0 Å². The minimum absolute atomic E-state index is 0.0700. The minimum Gasteiger partial charge on any atom is -0.454 e. The van der Waals surface area contributed by atoms with E-state index in [9.17, 15) is 14.4 Å². The molecule has 3 aromatic rings. The minimum atomic E-state index is -0.475. The molecule has 10 nitrogen and oxygen atoms in total. The van der Waals surface area contributed by atoms with Crippen molar-refractivity contribution in [2.75, 3.05) is 25.2 Å². The molecule has 3 amide bonds. The Morgan fingerprint density at radius 3 is 2.75 bits per heavy atom. The number of anilines is 1. The van der Waals surface area contributed by atoms with Gasteiger partial charge >= 0.3 is 0 Å². The van der Waals surface area contributed by atoms with E-state index >= 15 is 0 Å². The number of fused-ring (bicyclic) bond motifs is 1. The maximum absolute atomic E-state index is 13.1. The van der Waals surface area contributed by atoms with Crippen LogP contribution >= 0.6 is 11.3 Å². The zero-order chi connectivity index (χ0) is 25.1. The maximum Gasteiger partial charge on any atom is 0.286 e. The van der Waals surface area contributed by atoms with Gasteiger partial charge in [-0.05, 0) is 43.0 Å². The van der Waals surface area contributed by atoms with Crippen LogP contribution in [0.4, 0.5) is 5.69 Å². The first kappa shape index (κ1) is 23.7. The van der Waals surface area contributed by atoms with Crippen LogP contribution in [-0.4, -0.2) is 52.7 Å². The number of aryl methyl sites for hydroxylation is 1. The standard InChI is InChI=1S/C25H25N5O5S/c1-15-5-2-3-6-16(15)12-26-21(31)17-7-4-10-30(13-17)25(33)24-29-28-23(36-24)22(32)27-18-8-9-19-20(11-18)35-14-34-19/h2-3,5-6,8-9,11,17H,4,7,10,12-14H2,1H3,(H,26,31)(H,27,32)/t17-/m1/s1. The lowest BCUT2D eigenvalue weighted by atomic mass is 9.97. The van der Waals surface area contributed by atoms with Gasteiger partial charge in [-0.1, -0.05) is 35.6 Å². The number of benzene rings is 2. The summed E-state index contributed by atoms with van der Waals surface area (Å²) in [7, 11) is 0. The summed E-state index contributed by atoms with van der Waals surface area (Å²) in [6, 6.07) is 13.0. The van der Waals surface area contributed by atoms with Crippen molar-refractivity contribution in [2.45, 2.75) is 26.3 Å². The molecule has 11 heteroatoms. The summed E-state index contributed by atoms with van der Waals surface area (Å²) in [5.41, 5.74) is 2.70. The molecular weight excluding hydrogens is 482 g/mol. The van der Waals surface area contributed by atoms with E-state index in [2.05, 4.69) is 20.8 Å². The van der Waals surface area contributed by atoms with Crippen LogP contribution in [0.15, 0.2) is 42.5 Å². The highest BCUT2D eigenvalue weighted by molar-refractivity contribution is 7.15. The Morgan fingerprint density at radius 2 is 1.89 bits per heavy atom. The number of aromatic nitrogens is 2. The summed E-state index contributed by atoms with van der Waals surface area (Å²) in [5.74, 6) is -0.0159. The van der Waals surface area contributed by atoms with Crippen molar-refractivity contribution in [1.29, 1.82) is 0 Å². The summed E-state index contributed by atoms with van der Waals surface area (Å²) in [5, 5.41) is 13.7. The van der Waals surface area contributed by atoms with Crippen LogP contribution in [0.3, 0.4) is 0 Å². The van der Waals surface area contributed by atoms with Crippen LogP contribution in [0, 0.1) is 12.8 Å².